The lowest BCUT2D eigenvalue weighted by molar-refractivity contribution is -0.137. The highest BCUT2D eigenvalue weighted by atomic mass is 16.6. The van der Waals surface area contributed by atoms with Crippen molar-refractivity contribution in [1.29, 1.82) is 0 Å². The molecule has 0 aliphatic carbocycles. The minimum atomic E-state index is -0.939. The highest BCUT2D eigenvalue weighted by molar-refractivity contribution is 6.01. The monoisotopic (exact) mass is 352 g/mol. The van der Waals surface area contributed by atoms with E-state index in [1.807, 2.05) is 42.5 Å². The van der Waals surface area contributed by atoms with Crippen LogP contribution in [0.4, 0.5) is 0 Å². The van der Waals surface area contributed by atoms with Crippen LogP contribution in [0.2, 0.25) is 0 Å². The molecule has 0 spiro atoms. The molecule has 1 aliphatic heterocycles. The lowest BCUT2D eigenvalue weighted by Gasteiger charge is -2.23. The molecule has 0 unspecified atom stereocenters. The van der Waals surface area contributed by atoms with Gasteiger partial charge < -0.3 is 14.8 Å². The quantitative estimate of drug-likeness (QED) is 0.839. The van der Waals surface area contributed by atoms with Crippen LogP contribution in [-0.2, 0) is 9.63 Å². The van der Waals surface area contributed by atoms with E-state index in [2.05, 4.69) is 5.16 Å². The van der Waals surface area contributed by atoms with Gasteiger partial charge >= 0.3 is 5.97 Å². The van der Waals surface area contributed by atoms with Gasteiger partial charge in [0.1, 0.15) is 7.11 Å². The van der Waals surface area contributed by atoms with Crippen molar-refractivity contribution >= 4 is 17.6 Å². The summed E-state index contributed by atoms with van der Waals surface area (Å²) in [6, 6.07) is 16.8. The summed E-state index contributed by atoms with van der Waals surface area (Å²) in [7, 11) is 1.44. The lowest BCUT2D eigenvalue weighted by atomic mass is 10.0. The largest absolute Gasteiger partial charge is 0.481 e. The molecule has 1 fully saturated rings. The minimum absolute atomic E-state index is 0.115. The standard InChI is InChI=1S/C20H20N2O4/c1-26-21-17-11-18(12-19(23)24)22(13-17)20(25)16-9-7-15(8-10-16)14-5-3-2-4-6-14/h2-10,18H,11-13H2,1H3,(H,23,24)/b21-17+/t18-/m0/s1. The van der Waals surface area contributed by atoms with Crippen molar-refractivity contribution in [3.05, 3.63) is 60.2 Å². The van der Waals surface area contributed by atoms with Gasteiger partial charge in [0.15, 0.2) is 0 Å². The van der Waals surface area contributed by atoms with Gasteiger partial charge in [-0.1, -0.05) is 47.6 Å². The van der Waals surface area contributed by atoms with Gasteiger partial charge in [0.25, 0.3) is 5.91 Å². The molecule has 3 rings (SSSR count). The number of rotatable bonds is 5. The number of hydrogen-bond donors (Lipinski definition) is 1. The maximum Gasteiger partial charge on any atom is 0.305 e. The maximum absolute atomic E-state index is 12.9. The summed E-state index contributed by atoms with van der Waals surface area (Å²) >= 11 is 0. The van der Waals surface area contributed by atoms with Crippen molar-refractivity contribution in [1.82, 2.24) is 4.90 Å². The molecule has 1 atom stereocenters. The zero-order valence-electron chi connectivity index (χ0n) is 14.5. The van der Waals surface area contributed by atoms with Crippen LogP contribution in [0.25, 0.3) is 11.1 Å². The summed E-state index contributed by atoms with van der Waals surface area (Å²) in [5.74, 6) is -1.14. The second-order valence-electron chi connectivity index (χ2n) is 6.17. The number of aliphatic carboxylic acids is 1. The van der Waals surface area contributed by atoms with Crippen LogP contribution in [0.15, 0.2) is 59.8 Å². The Hall–Kier alpha value is -3.15. The average molecular weight is 352 g/mol. The number of hydrogen-bond acceptors (Lipinski definition) is 4. The number of carboxylic acid groups (broad SMARTS) is 1. The topological polar surface area (TPSA) is 79.2 Å². The third-order valence-electron chi connectivity index (χ3n) is 4.40. The number of amides is 1. The molecule has 26 heavy (non-hydrogen) atoms. The van der Waals surface area contributed by atoms with Crippen LogP contribution in [0.5, 0.6) is 0 Å². The van der Waals surface area contributed by atoms with Crippen LogP contribution in [0.3, 0.4) is 0 Å². The Morgan fingerprint density at radius 3 is 2.38 bits per heavy atom. The summed E-state index contributed by atoms with van der Waals surface area (Å²) in [4.78, 5) is 30.3. The molecule has 2 aromatic rings. The van der Waals surface area contributed by atoms with Gasteiger partial charge in [-0.3, -0.25) is 9.59 Å². The number of carboxylic acids is 1. The average Bonchev–Trinajstić information content (AvgIpc) is 3.04. The Balaban J connectivity index is 1.80. The molecular formula is C20H20N2O4. The molecule has 0 radical (unpaired) electrons. The van der Waals surface area contributed by atoms with Gasteiger partial charge in [-0.25, -0.2) is 0 Å². The van der Waals surface area contributed by atoms with Gasteiger partial charge in [-0.15, -0.1) is 0 Å². The first kappa shape index (κ1) is 17.7. The fourth-order valence-electron chi connectivity index (χ4n) is 3.19. The molecule has 134 valence electrons. The third-order valence-corrected chi connectivity index (χ3v) is 4.40. The normalized spacial score (nSPS) is 18.1. The van der Waals surface area contributed by atoms with Gasteiger partial charge in [0, 0.05) is 18.0 Å². The Morgan fingerprint density at radius 2 is 1.77 bits per heavy atom. The van der Waals surface area contributed by atoms with Gasteiger partial charge in [0.05, 0.1) is 18.7 Å². The van der Waals surface area contributed by atoms with Crippen molar-refractivity contribution in [3.8, 4) is 11.1 Å². The van der Waals surface area contributed by atoms with E-state index in [4.69, 9.17) is 9.94 Å². The van der Waals surface area contributed by atoms with E-state index >= 15 is 0 Å². The van der Waals surface area contributed by atoms with E-state index in [0.29, 0.717) is 17.7 Å². The third kappa shape index (κ3) is 3.91. The van der Waals surface area contributed by atoms with Crippen molar-refractivity contribution in [2.75, 3.05) is 13.7 Å². The molecule has 1 heterocycles. The lowest BCUT2D eigenvalue weighted by Crippen LogP contribution is -2.37. The fourth-order valence-corrected chi connectivity index (χ4v) is 3.19. The Labute approximate surface area is 151 Å². The molecular weight excluding hydrogens is 332 g/mol. The SMILES string of the molecule is CO/N=C1\C[C@@H](CC(=O)O)N(C(=O)c2ccc(-c3ccccc3)cc2)C1. The second kappa shape index (κ2) is 7.82. The molecule has 6 heteroatoms. The Morgan fingerprint density at radius 1 is 1.12 bits per heavy atom. The van der Waals surface area contributed by atoms with Crippen LogP contribution in [-0.4, -0.2) is 47.3 Å². The van der Waals surface area contributed by atoms with E-state index in [1.165, 1.54) is 7.11 Å². The zero-order valence-corrected chi connectivity index (χ0v) is 14.5. The van der Waals surface area contributed by atoms with E-state index in [9.17, 15) is 9.59 Å². The molecule has 0 bridgehead atoms. The fraction of sp³-hybridized carbons (Fsp3) is 0.250. The first-order valence-corrected chi connectivity index (χ1v) is 8.35. The molecule has 0 aromatic heterocycles. The number of oxime groups is 1. The number of benzene rings is 2. The number of carbonyl (C=O) groups is 2. The van der Waals surface area contributed by atoms with Crippen LogP contribution in [0.1, 0.15) is 23.2 Å². The van der Waals surface area contributed by atoms with Crippen LogP contribution < -0.4 is 0 Å². The first-order chi connectivity index (χ1) is 12.6. The highest BCUT2D eigenvalue weighted by Gasteiger charge is 2.35. The van der Waals surface area contributed by atoms with Crippen molar-refractivity contribution in [2.45, 2.75) is 18.9 Å². The summed E-state index contributed by atoms with van der Waals surface area (Å²) in [6.45, 7) is 0.283. The highest BCUT2D eigenvalue weighted by Crippen LogP contribution is 2.24. The number of nitrogens with zero attached hydrogens (tertiary/aromatic N) is 2. The summed E-state index contributed by atoms with van der Waals surface area (Å²) in [6.07, 6.45) is 0.296. The molecule has 0 saturated carbocycles. The smallest absolute Gasteiger partial charge is 0.305 e. The molecule has 1 aliphatic rings. The van der Waals surface area contributed by atoms with E-state index < -0.39 is 12.0 Å². The van der Waals surface area contributed by atoms with Crippen molar-refractivity contribution < 1.29 is 19.5 Å². The summed E-state index contributed by atoms with van der Waals surface area (Å²) < 4.78 is 0. The predicted octanol–water partition coefficient (Wildman–Crippen LogP) is 3.05. The molecule has 2 aromatic carbocycles. The van der Waals surface area contributed by atoms with Crippen LogP contribution in [0, 0.1) is 0 Å². The van der Waals surface area contributed by atoms with Gasteiger partial charge in [0.2, 0.25) is 0 Å². The molecule has 1 amide bonds. The summed E-state index contributed by atoms with van der Waals surface area (Å²) in [5, 5.41) is 13.0. The number of carbonyl (C=O) groups excluding carboxylic acids is 1. The van der Waals surface area contributed by atoms with Crippen molar-refractivity contribution in [2.24, 2.45) is 5.16 Å². The molecule has 1 N–H and O–H groups in total. The number of likely N-dealkylation sites (tertiary alicyclic amines) is 1. The van der Waals surface area contributed by atoms with Crippen LogP contribution >= 0.6 is 0 Å². The predicted molar refractivity (Wildman–Crippen MR) is 98.0 cm³/mol. The van der Waals surface area contributed by atoms with Crippen molar-refractivity contribution in [3.63, 3.8) is 0 Å². The maximum atomic E-state index is 12.9. The minimum Gasteiger partial charge on any atom is -0.481 e. The van der Waals surface area contributed by atoms with E-state index in [-0.39, 0.29) is 18.9 Å². The molecule has 1 saturated heterocycles. The second-order valence-corrected chi connectivity index (χ2v) is 6.17. The molecule has 6 nitrogen and oxygen atoms in total. The summed E-state index contributed by atoms with van der Waals surface area (Å²) in [5.41, 5.74) is 3.30. The first-order valence-electron chi connectivity index (χ1n) is 8.35. The Kier molecular flexibility index (Phi) is 5.31. The van der Waals surface area contributed by atoms with Gasteiger partial charge in [-0.2, -0.15) is 0 Å². The van der Waals surface area contributed by atoms with E-state index in [0.717, 1.165) is 11.1 Å². The Bertz CT molecular complexity index is 815. The van der Waals surface area contributed by atoms with E-state index in [1.54, 1.807) is 17.0 Å². The van der Waals surface area contributed by atoms with Gasteiger partial charge in [-0.05, 0) is 23.3 Å². The zero-order chi connectivity index (χ0) is 18.5.